The Morgan fingerprint density at radius 1 is 1.12 bits per heavy atom. The molecule has 0 aromatic heterocycles. The van der Waals surface area contributed by atoms with Crippen molar-refractivity contribution in [2.45, 2.75) is 49.1 Å². The lowest BCUT2D eigenvalue weighted by Crippen LogP contribution is -2.36. The number of hydrogen-bond donors (Lipinski definition) is 2. The van der Waals surface area contributed by atoms with Crippen LogP contribution in [-0.2, 0) is 21.2 Å². The molecule has 3 N–H and O–H groups in total. The van der Waals surface area contributed by atoms with Crippen LogP contribution in [0.3, 0.4) is 0 Å². The lowest BCUT2D eigenvalue weighted by Gasteiger charge is -2.15. The second kappa shape index (κ2) is 10.3. The minimum absolute atomic E-state index is 0.0972. The number of nitrogens with one attached hydrogen (secondary N) is 1. The van der Waals surface area contributed by atoms with Crippen molar-refractivity contribution in [3.8, 4) is 17.2 Å². The molecule has 0 spiro atoms. The minimum Gasteiger partial charge on any atom is -0.340 e. The van der Waals surface area contributed by atoms with Crippen LogP contribution in [0, 0.1) is 17.2 Å². The van der Waals surface area contributed by atoms with Gasteiger partial charge in [-0.25, -0.2) is 12.7 Å². The van der Waals surface area contributed by atoms with Gasteiger partial charge in [0.05, 0.1) is 11.0 Å². The van der Waals surface area contributed by atoms with E-state index in [9.17, 15) is 18.5 Å². The van der Waals surface area contributed by atoms with Crippen molar-refractivity contribution in [1.29, 1.82) is 5.26 Å². The Kier molecular flexibility index (Phi) is 7.67. The average Bonchev–Trinajstić information content (AvgIpc) is 3.18. The van der Waals surface area contributed by atoms with Gasteiger partial charge in [-0.3, -0.25) is 4.79 Å². The van der Waals surface area contributed by atoms with Crippen LogP contribution >= 0.6 is 0 Å². The Morgan fingerprint density at radius 2 is 1.72 bits per heavy atom. The molecule has 1 amide bonds. The Labute approximate surface area is 190 Å². The summed E-state index contributed by atoms with van der Waals surface area (Å²) in [6, 6.07) is 16.2. The maximum atomic E-state index is 12.3. The topological polar surface area (TPSA) is 116 Å². The summed E-state index contributed by atoms with van der Waals surface area (Å²) in [4.78, 5) is 12.5. The van der Waals surface area contributed by atoms with Gasteiger partial charge in [0.2, 0.25) is 15.9 Å². The first-order valence-corrected chi connectivity index (χ1v) is 12.2. The Balaban J connectivity index is 1.60. The number of nitrogens with zero attached hydrogens (tertiary/aromatic N) is 2. The number of amides is 1. The fourth-order valence-electron chi connectivity index (χ4n) is 4.04. The molecule has 0 radical (unpaired) electrons. The number of rotatable bonds is 8. The van der Waals surface area contributed by atoms with Gasteiger partial charge in [0.1, 0.15) is 6.04 Å². The summed E-state index contributed by atoms with van der Waals surface area (Å²) >= 11 is 0. The summed E-state index contributed by atoms with van der Waals surface area (Å²) < 4.78 is 25.6. The highest BCUT2D eigenvalue weighted by Crippen LogP contribution is 2.27. The molecular formula is C24H30N4O3S. The standard InChI is InChI=1S/C24H30N4O3S/c1-28(2)32(30,31)23-11-8-20(9-12-23)19-6-3-17(4-7-19)14-22(16-25)27-24(29)15-18-5-10-21(26)13-18/h3-4,6-9,11-12,18,21-22H,5,10,13-15,26H2,1-2H3,(H,27,29)/t18-,21+,22?/m0/s1. The molecule has 32 heavy (non-hydrogen) atoms. The Hall–Kier alpha value is -2.73. The lowest BCUT2D eigenvalue weighted by atomic mass is 10.00. The van der Waals surface area contributed by atoms with Gasteiger partial charge in [0, 0.05) is 33.0 Å². The largest absolute Gasteiger partial charge is 0.340 e. The van der Waals surface area contributed by atoms with E-state index in [1.807, 2.05) is 24.3 Å². The highest BCUT2D eigenvalue weighted by molar-refractivity contribution is 7.89. The molecular weight excluding hydrogens is 424 g/mol. The van der Waals surface area contributed by atoms with Gasteiger partial charge in [0.25, 0.3) is 0 Å². The summed E-state index contributed by atoms with van der Waals surface area (Å²) in [7, 11) is -0.452. The number of benzene rings is 2. The van der Waals surface area contributed by atoms with E-state index in [0.717, 1.165) is 36.0 Å². The van der Waals surface area contributed by atoms with Gasteiger partial charge in [-0.1, -0.05) is 36.4 Å². The lowest BCUT2D eigenvalue weighted by molar-refractivity contribution is -0.122. The van der Waals surface area contributed by atoms with Crippen LogP contribution in [0.15, 0.2) is 53.4 Å². The highest BCUT2D eigenvalue weighted by Gasteiger charge is 2.25. The van der Waals surface area contributed by atoms with Crippen LogP contribution in [0.2, 0.25) is 0 Å². The van der Waals surface area contributed by atoms with Gasteiger partial charge in [0.15, 0.2) is 0 Å². The normalized spacial score (nSPS) is 19.5. The minimum atomic E-state index is -3.46. The van der Waals surface area contributed by atoms with Crippen molar-refractivity contribution in [2.24, 2.45) is 11.7 Å². The molecule has 2 aromatic rings. The van der Waals surface area contributed by atoms with Crippen LogP contribution in [0.4, 0.5) is 0 Å². The van der Waals surface area contributed by atoms with Gasteiger partial charge in [-0.15, -0.1) is 0 Å². The maximum absolute atomic E-state index is 12.3. The van der Waals surface area contributed by atoms with Crippen molar-refractivity contribution in [1.82, 2.24) is 9.62 Å². The number of hydrogen-bond acceptors (Lipinski definition) is 5. The van der Waals surface area contributed by atoms with Crippen molar-refractivity contribution in [2.75, 3.05) is 14.1 Å². The Morgan fingerprint density at radius 3 is 2.22 bits per heavy atom. The predicted octanol–water partition coefficient (Wildman–Crippen LogP) is 2.67. The molecule has 1 saturated carbocycles. The molecule has 0 heterocycles. The summed E-state index contributed by atoms with van der Waals surface area (Å²) in [6.45, 7) is 0. The third-order valence-electron chi connectivity index (χ3n) is 5.91. The van der Waals surface area contributed by atoms with Crippen LogP contribution in [0.1, 0.15) is 31.2 Å². The molecule has 0 saturated heterocycles. The quantitative estimate of drug-likeness (QED) is 0.636. The van der Waals surface area contributed by atoms with Crippen molar-refractivity contribution >= 4 is 15.9 Å². The molecule has 2 aromatic carbocycles. The van der Waals surface area contributed by atoms with E-state index >= 15 is 0 Å². The van der Waals surface area contributed by atoms with E-state index in [0.29, 0.717) is 18.8 Å². The van der Waals surface area contributed by atoms with E-state index < -0.39 is 16.1 Å². The summed E-state index contributed by atoms with van der Waals surface area (Å²) in [5, 5.41) is 12.3. The molecule has 8 heteroatoms. The number of sulfonamides is 1. The number of nitriles is 1. The van der Waals surface area contributed by atoms with Crippen molar-refractivity contribution in [3.05, 3.63) is 54.1 Å². The first-order valence-electron chi connectivity index (χ1n) is 10.8. The van der Waals surface area contributed by atoms with E-state index in [4.69, 9.17) is 5.73 Å². The van der Waals surface area contributed by atoms with E-state index in [2.05, 4.69) is 11.4 Å². The van der Waals surface area contributed by atoms with Crippen LogP contribution in [0.5, 0.6) is 0 Å². The van der Waals surface area contributed by atoms with E-state index in [1.165, 1.54) is 18.4 Å². The highest BCUT2D eigenvalue weighted by atomic mass is 32.2. The zero-order valence-corrected chi connectivity index (χ0v) is 19.3. The zero-order valence-electron chi connectivity index (χ0n) is 18.5. The van der Waals surface area contributed by atoms with Crippen LogP contribution < -0.4 is 11.1 Å². The molecule has 0 aliphatic heterocycles. The molecule has 1 unspecified atom stereocenters. The monoisotopic (exact) mass is 454 g/mol. The fourth-order valence-corrected chi connectivity index (χ4v) is 4.94. The number of carbonyl (C=O) groups is 1. The molecule has 0 bridgehead atoms. The SMILES string of the molecule is CN(C)S(=O)(=O)c1ccc(-c2ccc(CC(C#N)NC(=O)C[C@H]3CC[C@@H](N)C3)cc2)cc1. The number of carbonyl (C=O) groups excluding carboxylic acids is 1. The molecule has 1 aliphatic carbocycles. The van der Waals surface area contributed by atoms with Crippen LogP contribution in [0.25, 0.3) is 11.1 Å². The summed E-state index contributed by atoms with van der Waals surface area (Å²) in [5.74, 6) is 0.211. The van der Waals surface area contributed by atoms with Crippen molar-refractivity contribution in [3.63, 3.8) is 0 Å². The predicted molar refractivity (Wildman–Crippen MR) is 124 cm³/mol. The van der Waals surface area contributed by atoms with Crippen LogP contribution in [-0.4, -0.2) is 44.8 Å². The Bertz CT molecular complexity index is 1070. The van der Waals surface area contributed by atoms with Crippen molar-refractivity contribution < 1.29 is 13.2 Å². The van der Waals surface area contributed by atoms with Gasteiger partial charge < -0.3 is 11.1 Å². The molecule has 170 valence electrons. The first kappa shape index (κ1) is 23.9. The second-order valence-electron chi connectivity index (χ2n) is 8.61. The second-order valence-corrected chi connectivity index (χ2v) is 10.8. The zero-order chi connectivity index (χ0) is 23.3. The smallest absolute Gasteiger partial charge is 0.242 e. The molecule has 7 nitrogen and oxygen atoms in total. The molecule has 1 fully saturated rings. The summed E-state index contributed by atoms with van der Waals surface area (Å²) in [5.41, 5.74) is 8.69. The third kappa shape index (κ3) is 5.94. The summed E-state index contributed by atoms with van der Waals surface area (Å²) in [6.07, 6.45) is 3.64. The third-order valence-corrected chi connectivity index (χ3v) is 7.74. The van der Waals surface area contributed by atoms with Gasteiger partial charge in [-0.2, -0.15) is 5.26 Å². The average molecular weight is 455 g/mol. The van der Waals surface area contributed by atoms with E-state index in [-0.39, 0.29) is 16.8 Å². The van der Waals surface area contributed by atoms with Gasteiger partial charge in [-0.05, 0) is 54.0 Å². The van der Waals surface area contributed by atoms with E-state index in [1.54, 1.807) is 24.3 Å². The molecule has 3 atom stereocenters. The molecule has 1 aliphatic rings. The maximum Gasteiger partial charge on any atom is 0.242 e. The number of nitrogens with two attached hydrogens (primary N) is 1. The molecule has 3 rings (SSSR count). The van der Waals surface area contributed by atoms with Gasteiger partial charge >= 0.3 is 0 Å². The fraction of sp³-hybridized carbons (Fsp3) is 0.417. The first-order chi connectivity index (χ1) is 15.2.